The highest BCUT2D eigenvalue weighted by molar-refractivity contribution is 7.17. The second-order valence-corrected chi connectivity index (χ2v) is 5.02. The predicted octanol–water partition coefficient (Wildman–Crippen LogP) is 2.37. The van der Waals surface area contributed by atoms with E-state index in [1.165, 1.54) is 11.3 Å². The highest BCUT2D eigenvalue weighted by atomic mass is 32.1. The van der Waals surface area contributed by atoms with Gasteiger partial charge in [0.1, 0.15) is 10.7 Å². The summed E-state index contributed by atoms with van der Waals surface area (Å²) in [4.78, 5) is 15.6. The van der Waals surface area contributed by atoms with E-state index in [9.17, 15) is 4.79 Å². The highest BCUT2D eigenvalue weighted by Crippen LogP contribution is 2.30. The molecule has 5 nitrogen and oxygen atoms in total. The SMILES string of the molecule is NC(=O)c1cccnc1-c1nnc(-c2ccccc2)s1. The van der Waals surface area contributed by atoms with Crippen molar-refractivity contribution in [1.29, 1.82) is 0 Å². The van der Waals surface area contributed by atoms with Crippen molar-refractivity contribution in [3.05, 3.63) is 54.2 Å². The Morgan fingerprint density at radius 2 is 1.75 bits per heavy atom. The van der Waals surface area contributed by atoms with Crippen LogP contribution in [0.5, 0.6) is 0 Å². The lowest BCUT2D eigenvalue weighted by Gasteiger charge is -2.00. The Kier molecular flexibility index (Phi) is 3.22. The quantitative estimate of drug-likeness (QED) is 0.799. The molecule has 0 spiro atoms. The van der Waals surface area contributed by atoms with Crippen LogP contribution in [0.25, 0.3) is 21.3 Å². The van der Waals surface area contributed by atoms with E-state index < -0.39 is 5.91 Å². The van der Waals surface area contributed by atoms with Gasteiger partial charge in [-0.15, -0.1) is 10.2 Å². The van der Waals surface area contributed by atoms with Crippen LogP contribution in [-0.2, 0) is 0 Å². The van der Waals surface area contributed by atoms with Crippen molar-refractivity contribution in [2.45, 2.75) is 0 Å². The number of nitrogens with zero attached hydrogens (tertiary/aromatic N) is 3. The Morgan fingerprint density at radius 1 is 1.00 bits per heavy atom. The number of carbonyl (C=O) groups is 1. The minimum atomic E-state index is -0.524. The van der Waals surface area contributed by atoms with E-state index in [0.29, 0.717) is 16.3 Å². The van der Waals surface area contributed by atoms with E-state index in [4.69, 9.17) is 5.73 Å². The lowest BCUT2D eigenvalue weighted by Crippen LogP contribution is -2.12. The summed E-state index contributed by atoms with van der Waals surface area (Å²) in [5.41, 5.74) is 7.15. The molecule has 20 heavy (non-hydrogen) atoms. The maximum atomic E-state index is 11.4. The van der Waals surface area contributed by atoms with Gasteiger partial charge in [-0.3, -0.25) is 9.78 Å². The third-order valence-electron chi connectivity index (χ3n) is 2.72. The number of nitrogens with two attached hydrogens (primary N) is 1. The van der Waals surface area contributed by atoms with Crippen LogP contribution in [0.1, 0.15) is 10.4 Å². The molecule has 0 bridgehead atoms. The zero-order valence-corrected chi connectivity index (χ0v) is 11.2. The fourth-order valence-electron chi connectivity index (χ4n) is 1.79. The minimum Gasteiger partial charge on any atom is -0.366 e. The average molecular weight is 282 g/mol. The fraction of sp³-hybridized carbons (Fsp3) is 0. The number of carbonyl (C=O) groups excluding carboxylic acids is 1. The fourth-order valence-corrected chi connectivity index (χ4v) is 2.65. The first kappa shape index (κ1) is 12.4. The molecule has 0 aliphatic heterocycles. The van der Waals surface area contributed by atoms with Crippen LogP contribution in [0.15, 0.2) is 48.7 Å². The van der Waals surface area contributed by atoms with E-state index in [0.717, 1.165) is 10.6 Å². The largest absolute Gasteiger partial charge is 0.366 e. The van der Waals surface area contributed by atoms with Gasteiger partial charge in [-0.2, -0.15) is 0 Å². The summed E-state index contributed by atoms with van der Waals surface area (Å²) in [7, 11) is 0. The molecule has 2 heterocycles. The molecule has 0 radical (unpaired) electrons. The summed E-state index contributed by atoms with van der Waals surface area (Å²) in [6.07, 6.45) is 1.60. The van der Waals surface area contributed by atoms with Crippen LogP contribution >= 0.6 is 11.3 Å². The summed E-state index contributed by atoms with van der Waals surface area (Å²) < 4.78 is 0. The molecule has 6 heteroatoms. The molecule has 2 aromatic heterocycles. The molecule has 0 aliphatic rings. The Bertz CT molecular complexity index is 755. The number of rotatable bonds is 3. The molecular weight excluding hydrogens is 272 g/mol. The number of benzene rings is 1. The van der Waals surface area contributed by atoms with Gasteiger partial charge in [-0.25, -0.2) is 0 Å². The summed E-state index contributed by atoms with van der Waals surface area (Å²) >= 11 is 1.38. The van der Waals surface area contributed by atoms with E-state index in [-0.39, 0.29) is 0 Å². The van der Waals surface area contributed by atoms with Crippen molar-refractivity contribution < 1.29 is 4.79 Å². The molecule has 98 valence electrons. The number of amides is 1. The van der Waals surface area contributed by atoms with Crippen molar-refractivity contribution in [2.75, 3.05) is 0 Å². The van der Waals surface area contributed by atoms with Crippen LogP contribution in [0.3, 0.4) is 0 Å². The first-order valence-electron chi connectivity index (χ1n) is 5.90. The molecule has 3 aromatic rings. The molecule has 0 atom stereocenters. The number of hydrogen-bond acceptors (Lipinski definition) is 5. The third-order valence-corrected chi connectivity index (χ3v) is 3.70. The lowest BCUT2D eigenvalue weighted by atomic mass is 10.2. The van der Waals surface area contributed by atoms with E-state index in [2.05, 4.69) is 15.2 Å². The van der Waals surface area contributed by atoms with Gasteiger partial charge in [0.25, 0.3) is 5.91 Å². The van der Waals surface area contributed by atoms with Crippen molar-refractivity contribution in [3.8, 4) is 21.3 Å². The molecule has 1 aromatic carbocycles. The van der Waals surface area contributed by atoms with Crippen molar-refractivity contribution in [1.82, 2.24) is 15.2 Å². The highest BCUT2D eigenvalue weighted by Gasteiger charge is 2.15. The van der Waals surface area contributed by atoms with Crippen molar-refractivity contribution in [2.24, 2.45) is 5.73 Å². The van der Waals surface area contributed by atoms with Gasteiger partial charge >= 0.3 is 0 Å². The normalized spacial score (nSPS) is 10.4. The van der Waals surface area contributed by atoms with Crippen LogP contribution in [0, 0.1) is 0 Å². The maximum Gasteiger partial charge on any atom is 0.251 e. The summed E-state index contributed by atoms with van der Waals surface area (Å²) in [5.74, 6) is -0.524. The van der Waals surface area contributed by atoms with Gasteiger partial charge in [0.15, 0.2) is 5.01 Å². The molecule has 2 N–H and O–H groups in total. The Balaban J connectivity index is 2.05. The van der Waals surface area contributed by atoms with Crippen molar-refractivity contribution in [3.63, 3.8) is 0 Å². The first-order chi connectivity index (χ1) is 9.75. The summed E-state index contributed by atoms with van der Waals surface area (Å²) in [6.45, 7) is 0. The smallest absolute Gasteiger partial charge is 0.251 e. The molecule has 0 unspecified atom stereocenters. The third kappa shape index (κ3) is 2.28. The lowest BCUT2D eigenvalue weighted by molar-refractivity contribution is 0.100. The van der Waals surface area contributed by atoms with Gasteiger partial charge in [0, 0.05) is 11.8 Å². The monoisotopic (exact) mass is 282 g/mol. The summed E-state index contributed by atoms with van der Waals surface area (Å²) in [6, 6.07) is 13.0. The minimum absolute atomic E-state index is 0.350. The molecule has 0 aliphatic carbocycles. The van der Waals surface area contributed by atoms with Gasteiger partial charge in [-0.05, 0) is 12.1 Å². The molecular formula is C14H10N4OS. The second-order valence-electron chi connectivity index (χ2n) is 4.04. The standard InChI is InChI=1S/C14H10N4OS/c15-12(19)10-7-4-8-16-11(10)14-18-17-13(20-14)9-5-2-1-3-6-9/h1-8H,(H2,15,19). The van der Waals surface area contributed by atoms with E-state index >= 15 is 0 Å². The van der Waals surface area contributed by atoms with Crippen LogP contribution in [0.4, 0.5) is 0 Å². The Hall–Kier alpha value is -2.60. The number of pyridine rings is 1. The summed E-state index contributed by atoms with van der Waals surface area (Å²) in [5, 5.41) is 9.60. The second kappa shape index (κ2) is 5.18. The average Bonchev–Trinajstić information content (AvgIpc) is 2.98. The van der Waals surface area contributed by atoms with Gasteiger partial charge in [0.2, 0.25) is 0 Å². The number of aromatic nitrogens is 3. The Morgan fingerprint density at radius 3 is 2.50 bits per heavy atom. The first-order valence-corrected chi connectivity index (χ1v) is 6.71. The zero-order valence-electron chi connectivity index (χ0n) is 10.4. The Labute approximate surface area is 119 Å². The van der Waals surface area contributed by atoms with Crippen LogP contribution in [-0.4, -0.2) is 21.1 Å². The van der Waals surface area contributed by atoms with Gasteiger partial charge in [-0.1, -0.05) is 41.7 Å². The molecule has 0 saturated heterocycles. The van der Waals surface area contributed by atoms with Gasteiger partial charge in [0.05, 0.1) is 5.56 Å². The molecule has 3 rings (SSSR count). The zero-order chi connectivity index (χ0) is 13.9. The number of primary amides is 1. The topological polar surface area (TPSA) is 81.8 Å². The van der Waals surface area contributed by atoms with Gasteiger partial charge < -0.3 is 5.73 Å². The van der Waals surface area contributed by atoms with Crippen molar-refractivity contribution >= 4 is 17.2 Å². The molecule has 0 saturated carbocycles. The van der Waals surface area contributed by atoms with E-state index in [1.807, 2.05) is 30.3 Å². The molecule has 0 fully saturated rings. The van der Waals surface area contributed by atoms with Crippen LogP contribution in [0.2, 0.25) is 0 Å². The van der Waals surface area contributed by atoms with Crippen LogP contribution < -0.4 is 5.73 Å². The predicted molar refractivity (Wildman–Crippen MR) is 77.1 cm³/mol. The number of hydrogen-bond donors (Lipinski definition) is 1. The van der Waals surface area contributed by atoms with E-state index in [1.54, 1.807) is 18.3 Å². The maximum absolute atomic E-state index is 11.4. The molecule has 1 amide bonds.